The number of hydrogen-bond acceptors (Lipinski definition) is 3. The van der Waals surface area contributed by atoms with Gasteiger partial charge in [0.1, 0.15) is 5.60 Å². The van der Waals surface area contributed by atoms with Crippen molar-refractivity contribution in [1.29, 1.82) is 0 Å². The molecule has 0 saturated carbocycles. The van der Waals surface area contributed by atoms with E-state index in [0.717, 1.165) is 24.8 Å². The smallest absolute Gasteiger partial charge is 0.410 e. The van der Waals surface area contributed by atoms with Crippen molar-refractivity contribution >= 4 is 29.3 Å². The third-order valence-corrected chi connectivity index (χ3v) is 4.79. The summed E-state index contributed by atoms with van der Waals surface area (Å²) >= 11 is 12.1. The van der Waals surface area contributed by atoms with Gasteiger partial charge in [0.15, 0.2) is 0 Å². The zero-order valence-corrected chi connectivity index (χ0v) is 17.2. The average Bonchev–Trinajstić information content (AvgIpc) is 2.87. The SMILES string of the molecule is C=C/C(Cl)=C(Cl)\C=C(/C)C[C@@H]1C[C@@H](CCN)N(C(=O)OC(C)(C)C)C1. The number of ether oxygens (including phenoxy) is 1. The molecule has 0 aliphatic carbocycles. The van der Waals surface area contributed by atoms with Crippen molar-refractivity contribution < 1.29 is 9.53 Å². The lowest BCUT2D eigenvalue weighted by Gasteiger charge is -2.28. The molecule has 1 aliphatic heterocycles. The Kier molecular flexibility index (Phi) is 8.52. The topological polar surface area (TPSA) is 55.6 Å². The maximum atomic E-state index is 12.5. The normalized spacial score (nSPS) is 22.7. The standard InChI is InChI=1S/C19H30Cl2N2O2/c1-6-16(20)17(21)10-13(2)9-14-11-15(7-8-22)23(12-14)18(24)25-19(3,4)5/h6,10,14-15H,1,7-9,11-12,22H2,2-5H3/b13-10+,17-16-/t14-,15-/m1/s1. The Hall–Kier alpha value is -0.970. The molecule has 1 amide bonds. The van der Waals surface area contributed by atoms with Gasteiger partial charge in [-0.2, -0.15) is 0 Å². The van der Waals surface area contributed by atoms with Crippen LogP contribution in [0.5, 0.6) is 0 Å². The number of hydrogen-bond donors (Lipinski definition) is 1. The Morgan fingerprint density at radius 1 is 1.36 bits per heavy atom. The molecule has 1 rings (SSSR count). The van der Waals surface area contributed by atoms with E-state index in [9.17, 15) is 4.79 Å². The van der Waals surface area contributed by atoms with Crippen LogP contribution < -0.4 is 5.73 Å². The van der Waals surface area contributed by atoms with Crippen molar-refractivity contribution in [1.82, 2.24) is 4.90 Å². The molecule has 142 valence electrons. The van der Waals surface area contributed by atoms with E-state index in [1.54, 1.807) is 0 Å². The van der Waals surface area contributed by atoms with Gasteiger partial charge in [0.05, 0.1) is 10.1 Å². The minimum absolute atomic E-state index is 0.125. The van der Waals surface area contributed by atoms with Crippen LogP contribution in [-0.4, -0.2) is 35.7 Å². The van der Waals surface area contributed by atoms with E-state index in [-0.39, 0.29) is 12.1 Å². The number of carbonyl (C=O) groups is 1. The highest BCUT2D eigenvalue weighted by Gasteiger charge is 2.36. The highest BCUT2D eigenvalue weighted by Crippen LogP contribution is 2.32. The first-order chi connectivity index (χ1) is 11.6. The highest BCUT2D eigenvalue weighted by molar-refractivity contribution is 6.41. The first-order valence-electron chi connectivity index (χ1n) is 8.62. The van der Waals surface area contributed by atoms with E-state index in [2.05, 4.69) is 6.58 Å². The van der Waals surface area contributed by atoms with Gasteiger partial charge < -0.3 is 15.4 Å². The molecule has 0 aromatic rings. The van der Waals surface area contributed by atoms with Crippen molar-refractivity contribution in [2.45, 2.75) is 58.6 Å². The molecule has 2 atom stereocenters. The quantitative estimate of drug-likeness (QED) is 0.638. The molecule has 0 aromatic heterocycles. The molecule has 4 nitrogen and oxygen atoms in total. The second-order valence-electron chi connectivity index (χ2n) is 7.56. The summed E-state index contributed by atoms with van der Waals surface area (Å²) in [4.78, 5) is 14.3. The molecule has 0 unspecified atom stereocenters. The fourth-order valence-corrected chi connectivity index (χ4v) is 3.39. The van der Waals surface area contributed by atoms with Crippen LogP contribution in [0.25, 0.3) is 0 Å². The first kappa shape index (κ1) is 22.1. The van der Waals surface area contributed by atoms with Crippen molar-refractivity contribution in [3.05, 3.63) is 34.4 Å². The first-order valence-corrected chi connectivity index (χ1v) is 9.37. The van der Waals surface area contributed by atoms with Crippen LogP contribution in [-0.2, 0) is 4.74 Å². The second kappa shape index (κ2) is 9.65. The molecular formula is C19H30Cl2N2O2. The number of rotatable bonds is 6. The molecule has 0 bridgehead atoms. The van der Waals surface area contributed by atoms with Crippen LogP contribution in [0.1, 0.15) is 47.0 Å². The number of likely N-dealkylation sites (tertiary alicyclic amines) is 1. The van der Waals surface area contributed by atoms with Gasteiger partial charge >= 0.3 is 6.09 Å². The zero-order valence-electron chi connectivity index (χ0n) is 15.6. The number of halogens is 2. The van der Waals surface area contributed by atoms with E-state index < -0.39 is 5.60 Å². The van der Waals surface area contributed by atoms with Gasteiger partial charge in [-0.3, -0.25) is 0 Å². The lowest BCUT2D eigenvalue weighted by atomic mass is 9.96. The summed E-state index contributed by atoms with van der Waals surface area (Å²) in [5, 5.41) is 0.915. The van der Waals surface area contributed by atoms with E-state index in [0.29, 0.717) is 29.1 Å². The van der Waals surface area contributed by atoms with Crippen molar-refractivity contribution in [3.8, 4) is 0 Å². The molecule has 6 heteroatoms. The molecule has 25 heavy (non-hydrogen) atoms. The molecule has 1 fully saturated rings. The summed E-state index contributed by atoms with van der Waals surface area (Å²) in [7, 11) is 0. The summed E-state index contributed by atoms with van der Waals surface area (Å²) < 4.78 is 5.54. The minimum Gasteiger partial charge on any atom is -0.444 e. The predicted molar refractivity (Wildman–Crippen MR) is 106 cm³/mol. The van der Waals surface area contributed by atoms with E-state index in [1.165, 1.54) is 6.08 Å². The van der Waals surface area contributed by atoms with Crippen LogP contribution in [0, 0.1) is 5.92 Å². The monoisotopic (exact) mass is 388 g/mol. The lowest BCUT2D eigenvalue weighted by molar-refractivity contribution is 0.0217. The van der Waals surface area contributed by atoms with E-state index in [1.807, 2.05) is 38.7 Å². The van der Waals surface area contributed by atoms with Gasteiger partial charge in [-0.05, 0) is 71.6 Å². The van der Waals surface area contributed by atoms with Crippen LogP contribution >= 0.6 is 23.2 Å². The maximum Gasteiger partial charge on any atom is 0.410 e. The van der Waals surface area contributed by atoms with Gasteiger partial charge in [0, 0.05) is 12.6 Å². The molecule has 0 aromatic carbocycles. The largest absolute Gasteiger partial charge is 0.444 e. The number of carbonyl (C=O) groups excluding carboxylic acids is 1. The molecule has 1 heterocycles. The van der Waals surface area contributed by atoms with E-state index in [4.69, 9.17) is 33.7 Å². The third kappa shape index (κ3) is 7.43. The summed E-state index contributed by atoms with van der Waals surface area (Å²) in [5.74, 6) is 0.354. The number of nitrogens with zero attached hydrogens (tertiary/aromatic N) is 1. The second-order valence-corrected chi connectivity index (χ2v) is 8.37. The minimum atomic E-state index is -0.502. The number of allylic oxidation sites excluding steroid dienone is 5. The molecule has 0 radical (unpaired) electrons. The van der Waals surface area contributed by atoms with Gasteiger partial charge in [-0.25, -0.2) is 4.79 Å². The summed E-state index contributed by atoms with van der Waals surface area (Å²) in [5.41, 5.74) is 6.34. The van der Waals surface area contributed by atoms with Gasteiger partial charge in [0.25, 0.3) is 0 Å². The maximum absolute atomic E-state index is 12.5. The fourth-order valence-electron chi connectivity index (χ4n) is 3.07. The van der Waals surface area contributed by atoms with E-state index >= 15 is 0 Å². The molecular weight excluding hydrogens is 359 g/mol. The van der Waals surface area contributed by atoms with Crippen molar-refractivity contribution in [2.75, 3.05) is 13.1 Å². The number of amides is 1. The highest BCUT2D eigenvalue weighted by atomic mass is 35.5. The molecule has 0 spiro atoms. The molecule has 1 aliphatic rings. The third-order valence-electron chi connectivity index (χ3n) is 4.02. The van der Waals surface area contributed by atoms with Crippen LogP contribution in [0.4, 0.5) is 4.79 Å². The fraction of sp³-hybridized carbons (Fsp3) is 0.632. The van der Waals surface area contributed by atoms with Crippen LogP contribution in [0.15, 0.2) is 34.4 Å². The summed E-state index contributed by atoms with van der Waals surface area (Å²) in [6, 6.07) is 0.125. The van der Waals surface area contributed by atoms with Crippen LogP contribution in [0.2, 0.25) is 0 Å². The Morgan fingerprint density at radius 2 is 2.00 bits per heavy atom. The molecule has 1 saturated heterocycles. The van der Waals surface area contributed by atoms with Gasteiger partial charge in [-0.15, -0.1) is 0 Å². The zero-order chi connectivity index (χ0) is 19.2. The van der Waals surface area contributed by atoms with Crippen LogP contribution in [0.3, 0.4) is 0 Å². The Morgan fingerprint density at radius 3 is 2.52 bits per heavy atom. The Labute approximate surface area is 161 Å². The predicted octanol–water partition coefficient (Wildman–Crippen LogP) is 5.17. The van der Waals surface area contributed by atoms with Gasteiger partial charge in [0.2, 0.25) is 0 Å². The Bertz CT molecular complexity index is 550. The van der Waals surface area contributed by atoms with Crippen molar-refractivity contribution in [2.24, 2.45) is 11.7 Å². The van der Waals surface area contributed by atoms with Gasteiger partial charge in [-0.1, -0.05) is 35.4 Å². The average molecular weight is 389 g/mol. The summed E-state index contributed by atoms with van der Waals surface area (Å²) in [6.45, 7) is 12.5. The molecule has 2 N–H and O–H groups in total. The number of nitrogens with two attached hydrogens (primary N) is 1. The Balaban J connectivity index is 2.79. The summed E-state index contributed by atoms with van der Waals surface area (Å²) in [6.07, 6.45) is 5.66. The van der Waals surface area contributed by atoms with Crippen molar-refractivity contribution in [3.63, 3.8) is 0 Å². The lowest BCUT2D eigenvalue weighted by Crippen LogP contribution is -2.40.